The molecule has 2 aromatic rings. The van der Waals surface area contributed by atoms with Crippen LogP contribution >= 0.6 is 0 Å². The van der Waals surface area contributed by atoms with Crippen LogP contribution in [0.3, 0.4) is 0 Å². The standard InChI is InChI=1S/C11H15N3/c1-6(2)10-13-9-5-7(3)8(4)12-11(9)14-10/h5-6H,1-4H3,(H,12,13,14). The number of aromatic amines is 1. The molecule has 0 bridgehead atoms. The fourth-order valence-electron chi connectivity index (χ4n) is 1.42. The van der Waals surface area contributed by atoms with E-state index in [1.165, 1.54) is 5.56 Å². The number of aromatic nitrogens is 3. The zero-order valence-corrected chi connectivity index (χ0v) is 9.05. The molecule has 0 fully saturated rings. The van der Waals surface area contributed by atoms with Gasteiger partial charge in [-0.1, -0.05) is 13.8 Å². The SMILES string of the molecule is Cc1cc2[nH]c(C(C)C)nc2nc1C. The Hall–Kier alpha value is -1.38. The van der Waals surface area contributed by atoms with Crippen molar-refractivity contribution in [2.24, 2.45) is 0 Å². The van der Waals surface area contributed by atoms with Gasteiger partial charge in [0.1, 0.15) is 5.82 Å². The number of imidazole rings is 1. The molecule has 74 valence electrons. The number of aryl methyl sites for hydroxylation is 2. The third-order valence-corrected chi connectivity index (χ3v) is 2.48. The third kappa shape index (κ3) is 1.39. The Labute approximate surface area is 83.6 Å². The Morgan fingerprint density at radius 2 is 1.93 bits per heavy atom. The zero-order chi connectivity index (χ0) is 10.3. The Balaban J connectivity index is 2.66. The molecule has 3 heteroatoms. The summed E-state index contributed by atoms with van der Waals surface area (Å²) in [6, 6.07) is 2.11. The van der Waals surface area contributed by atoms with Crippen molar-refractivity contribution < 1.29 is 0 Å². The number of nitrogens with zero attached hydrogens (tertiary/aromatic N) is 2. The summed E-state index contributed by atoms with van der Waals surface area (Å²) in [6.07, 6.45) is 0. The molecular formula is C11H15N3. The van der Waals surface area contributed by atoms with E-state index in [0.29, 0.717) is 5.92 Å². The topological polar surface area (TPSA) is 41.6 Å². The van der Waals surface area contributed by atoms with Crippen molar-refractivity contribution in [1.29, 1.82) is 0 Å². The van der Waals surface area contributed by atoms with Crippen molar-refractivity contribution in [3.8, 4) is 0 Å². The van der Waals surface area contributed by atoms with Gasteiger partial charge in [-0.2, -0.15) is 0 Å². The summed E-state index contributed by atoms with van der Waals surface area (Å²) in [5.74, 6) is 1.43. The fourth-order valence-corrected chi connectivity index (χ4v) is 1.42. The summed E-state index contributed by atoms with van der Waals surface area (Å²) in [6.45, 7) is 8.32. The van der Waals surface area contributed by atoms with Crippen LogP contribution in [0.15, 0.2) is 6.07 Å². The first-order valence-corrected chi connectivity index (χ1v) is 4.92. The molecule has 0 spiro atoms. The number of fused-ring (bicyclic) bond motifs is 1. The van der Waals surface area contributed by atoms with E-state index in [1.54, 1.807) is 0 Å². The van der Waals surface area contributed by atoms with Gasteiger partial charge in [0.05, 0.1) is 5.52 Å². The molecule has 0 aromatic carbocycles. The van der Waals surface area contributed by atoms with E-state index >= 15 is 0 Å². The van der Waals surface area contributed by atoms with Crippen LogP contribution in [0, 0.1) is 13.8 Å². The van der Waals surface area contributed by atoms with Crippen molar-refractivity contribution in [2.75, 3.05) is 0 Å². The maximum atomic E-state index is 4.45. The summed E-state index contributed by atoms with van der Waals surface area (Å²) < 4.78 is 0. The van der Waals surface area contributed by atoms with E-state index in [-0.39, 0.29) is 0 Å². The van der Waals surface area contributed by atoms with E-state index in [4.69, 9.17) is 0 Å². The van der Waals surface area contributed by atoms with Gasteiger partial charge in [0.25, 0.3) is 0 Å². The van der Waals surface area contributed by atoms with Crippen LogP contribution in [0.2, 0.25) is 0 Å². The Morgan fingerprint density at radius 3 is 2.57 bits per heavy atom. The third-order valence-electron chi connectivity index (χ3n) is 2.48. The molecule has 0 aliphatic heterocycles. The molecule has 0 aliphatic carbocycles. The van der Waals surface area contributed by atoms with E-state index < -0.39 is 0 Å². The van der Waals surface area contributed by atoms with E-state index in [9.17, 15) is 0 Å². The van der Waals surface area contributed by atoms with Crippen LogP contribution in [0.4, 0.5) is 0 Å². The van der Waals surface area contributed by atoms with Crippen molar-refractivity contribution in [3.05, 3.63) is 23.1 Å². The average molecular weight is 189 g/mol. The van der Waals surface area contributed by atoms with E-state index in [1.807, 2.05) is 6.92 Å². The highest BCUT2D eigenvalue weighted by Crippen LogP contribution is 2.17. The van der Waals surface area contributed by atoms with Gasteiger partial charge in [-0.3, -0.25) is 0 Å². The van der Waals surface area contributed by atoms with Gasteiger partial charge in [-0.05, 0) is 25.5 Å². The smallest absolute Gasteiger partial charge is 0.177 e. The zero-order valence-electron chi connectivity index (χ0n) is 9.05. The summed E-state index contributed by atoms with van der Waals surface area (Å²) in [5.41, 5.74) is 4.13. The number of H-pyrrole nitrogens is 1. The predicted octanol–water partition coefficient (Wildman–Crippen LogP) is 2.70. The van der Waals surface area contributed by atoms with Crippen LogP contribution in [-0.4, -0.2) is 15.0 Å². The number of hydrogen-bond acceptors (Lipinski definition) is 2. The number of nitrogens with one attached hydrogen (secondary N) is 1. The van der Waals surface area contributed by atoms with Gasteiger partial charge in [0, 0.05) is 11.6 Å². The molecule has 0 saturated carbocycles. The summed E-state index contributed by atoms with van der Waals surface area (Å²) in [5, 5.41) is 0. The Bertz CT molecular complexity index is 430. The predicted molar refractivity (Wildman–Crippen MR) is 57.5 cm³/mol. The lowest BCUT2D eigenvalue weighted by Crippen LogP contribution is -1.88. The molecule has 0 aliphatic rings. The highest BCUT2D eigenvalue weighted by molar-refractivity contribution is 5.71. The lowest BCUT2D eigenvalue weighted by Gasteiger charge is -1.96. The molecule has 14 heavy (non-hydrogen) atoms. The van der Waals surface area contributed by atoms with Gasteiger partial charge >= 0.3 is 0 Å². The minimum atomic E-state index is 0.421. The van der Waals surface area contributed by atoms with Crippen LogP contribution < -0.4 is 0 Å². The quantitative estimate of drug-likeness (QED) is 0.749. The highest BCUT2D eigenvalue weighted by atomic mass is 15.0. The average Bonchev–Trinajstić information content (AvgIpc) is 2.48. The summed E-state index contributed by atoms with van der Waals surface area (Å²) >= 11 is 0. The monoisotopic (exact) mass is 189 g/mol. The van der Waals surface area contributed by atoms with Crippen LogP contribution in [0.25, 0.3) is 11.2 Å². The molecule has 0 saturated heterocycles. The van der Waals surface area contributed by atoms with Crippen molar-refractivity contribution in [2.45, 2.75) is 33.6 Å². The normalized spacial score (nSPS) is 11.5. The summed E-state index contributed by atoms with van der Waals surface area (Å²) in [7, 11) is 0. The fraction of sp³-hybridized carbons (Fsp3) is 0.455. The second kappa shape index (κ2) is 3.08. The van der Waals surface area contributed by atoms with Crippen LogP contribution in [0.5, 0.6) is 0 Å². The Kier molecular flexibility index (Phi) is 2.02. The van der Waals surface area contributed by atoms with Crippen molar-refractivity contribution in [3.63, 3.8) is 0 Å². The minimum Gasteiger partial charge on any atom is -0.340 e. The molecule has 1 N–H and O–H groups in total. The van der Waals surface area contributed by atoms with Gasteiger partial charge in [0.2, 0.25) is 0 Å². The maximum Gasteiger partial charge on any atom is 0.177 e. The molecule has 2 aromatic heterocycles. The first kappa shape index (κ1) is 9.19. The van der Waals surface area contributed by atoms with Gasteiger partial charge in [-0.25, -0.2) is 9.97 Å². The molecule has 0 amide bonds. The molecule has 2 heterocycles. The summed E-state index contributed by atoms with van der Waals surface area (Å²) in [4.78, 5) is 12.2. The molecule has 0 radical (unpaired) electrons. The lowest BCUT2D eigenvalue weighted by atomic mass is 10.2. The van der Waals surface area contributed by atoms with E-state index in [0.717, 1.165) is 22.7 Å². The van der Waals surface area contributed by atoms with Crippen molar-refractivity contribution in [1.82, 2.24) is 15.0 Å². The number of rotatable bonds is 1. The van der Waals surface area contributed by atoms with Gasteiger partial charge in [0.15, 0.2) is 5.65 Å². The molecule has 0 unspecified atom stereocenters. The second-order valence-electron chi connectivity index (χ2n) is 4.04. The first-order chi connectivity index (χ1) is 6.58. The van der Waals surface area contributed by atoms with Crippen molar-refractivity contribution >= 4 is 11.2 Å². The first-order valence-electron chi connectivity index (χ1n) is 4.92. The van der Waals surface area contributed by atoms with Crippen LogP contribution in [0.1, 0.15) is 36.8 Å². The van der Waals surface area contributed by atoms with E-state index in [2.05, 4.69) is 41.8 Å². The molecule has 2 rings (SSSR count). The second-order valence-corrected chi connectivity index (χ2v) is 4.04. The number of pyridine rings is 1. The highest BCUT2D eigenvalue weighted by Gasteiger charge is 2.08. The lowest BCUT2D eigenvalue weighted by molar-refractivity contribution is 0.798. The molecule has 0 atom stereocenters. The number of hydrogen-bond donors (Lipinski definition) is 1. The van der Waals surface area contributed by atoms with Gasteiger partial charge < -0.3 is 4.98 Å². The molecular weight excluding hydrogens is 174 g/mol. The molecule has 3 nitrogen and oxygen atoms in total. The minimum absolute atomic E-state index is 0.421. The van der Waals surface area contributed by atoms with Gasteiger partial charge in [-0.15, -0.1) is 0 Å². The van der Waals surface area contributed by atoms with Crippen LogP contribution in [-0.2, 0) is 0 Å². The Morgan fingerprint density at radius 1 is 1.21 bits per heavy atom. The maximum absolute atomic E-state index is 4.45. The largest absolute Gasteiger partial charge is 0.340 e.